The molecule has 1 amide bonds. The van der Waals surface area contributed by atoms with E-state index in [2.05, 4.69) is 44.0 Å². The molecule has 0 aliphatic heterocycles. The summed E-state index contributed by atoms with van der Waals surface area (Å²) in [6.07, 6.45) is 9.10. The zero-order chi connectivity index (χ0) is 21.9. The summed E-state index contributed by atoms with van der Waals surface area (Å²) in [4.78, 5) is 17.5. The van der Waals surface area contributed by atoms with E-state index in [0.29, 0.717) is 23.6 Å². The molecule has 0 bridgehead atoms. The number of rotatable bonds is 6. The predicted molar refractivity (Wildman–Crippen MR) is 123 cm³/mol. The van der Waals surface area contributed by atoms with Crippen molar-refractivity contribution in [2.24, 2.45) is 7.05 Å². The highest BCUT2D eigenvalue weighted by Gasteiger charge is 2.20. The van der Waals surface area contributed by atoms with Gasteiger partial charge < -0.3 is 10.6 Å². The van der Waals surface area contributed by atoms with Crippen molar-refractivity contribution in [3.8, 4) is 11.3 Å². The lowest BCUT2D eigenvalue weighted by atomic mass is 9.95. The van der Waals surface area contributed by atoms with Crippen LogP contribution in [0.4, 0.5) is 5.82 Å². The predicted octanol–water partition coefficient (Wildman–Crippen LogP) is 3.80. The van der Waals surface area contributed by atoms with Crippen LogP contribution in [0, 0.1) is 0 Å². The second kappa shape index (κ2) is 8.82. The number of carbonyl (C=O) groups excluding carboxylic acids is 1. The van der Waals surface area contributed by atoms with Gasteiger partial charge in [0.05, 0.1) is 24.1 Å². The van der Waals surface area contributed by atoms with Crippen molar-refractivity contribution in [2.75, 3.05) is 5.32 Å². The molecular weight excluding hydrogens is 402 g/mol. The number of nitrogens with zero attached hydrogens (tertiary/aromatic N) is 5. The Bertz CT molecular complexity index is 1220. The van der Waals surface area contributed by atoms with Crippen LogP contribution >= 0.6 is 0 Å². The maximum Gasteiger partial charge on any atom is 0.256 e. The SMILES string of the molecule is Cn1nc(-c2ccccc2)cc1CNc1ccn2ncc(C(=O)NC3CCCCC3)c2n1. The Morgan fingerprint density at radius 3 is 2.75 bits per heavy atom. The second-order valence-corrected chi connectivity index (χ2v) is 8.31. The van der Waals surface area contributed by atoms with Gasteiger partial charge in [-0.15, -0.1) is 0 Å². The van der Waals surface area contributed by atoms with E-state index in [0.717, 1.165) is 29.8 Å². The van der Waals surface area contributed by atoms with Crippen LogP contribution in [0.3, 0.4) is 0 Å². The molecule has 1 aliphatic carbocycles. The Balaban J connectivity index is 1.31. The van der Waals surface area contributed by atoms with Crippen LogP contribution in [0.5, 0.6) is 0 Å². The number of carbonyl (C=O) groups is 1. The molecule has 3 aromatic heterocycles. The van der Waals surface area contributed by atoms with Crippen molar-refractivity contribution in [3.05, 3.63) is 66.1 Å². The number of aryl methyl sites for hydroxylation is 1. The molecule has 0 unspecified atom stereocenters. The van der Waals surface area contributed by atoms with E-state index >= 15 is 0 Å². The van der Waals surface area contributed by atoms with E-state index in [1.807, 2.05) is 42.2 Å². The average molecular weight is 430 g/mol. The van der Waals surface area contributed by atoms with Gasteiger partial charge in [0.2, 0.25) is 0 Å². The summed E-state index contributed by atoms with van der Waals surface area (Å²) < 4.78 is 3.51. The fourth-order valence-electron chi connectivity index (χ4n) is 4.24. The van der Waals surface area contributed by atoms with Crippen molar-refractivity contribution in [1.29, 1.82) is 0 Å². The highest BCUT2D eigenvalue weighted by atomic mass is 16.1. The topological polar surface area (TPSA) is 89.1 Å². The molecular formula is C24H27N7O. The fraction of sp³-hybridized carbons (Fsp3) is 0.333. The first-order chi connectivity index (χ1) is 15.7. The van der Waals surface area contributed by atoms with E-state index in [-0.39, 0.29) is 11.9 Å². The standard InChI is InChI=1S/C24H27N7O/c1-30-19(14-21(29-30)17-8-4-2-5-9-17)15-25-22-12-13-31-23(28-22)20(16-26-31)24(32)27-18-10-6-3-7-11-18/h2,4-5,8-9,12-14,16,18H,3,6-7,10-11,15H2,1H3,(H,25,28)(H,27,32). The van der Waals surface area contributed by atoms with E-state index in [9.17, 15) is 4.79 Å². The molecule has 8 nitrogen and oxygen atoms in total. The molecule has 1 aliphatic rings. The van der Waals surface area contributed by atoms with Gasteiger partial charge in [0, 0.05) is 24.8 Å². The lowest BCUT2D eigenvalue weighted by Crippen LogP contribution is -2.36. The first-order valence-corrected chi connectivity index (χ1v) is 11.1. The first-order valence-electron chi connectivity index (χ1n) is 11.1. The van der Waals surface area contributed by atoms with Crippen LogP contribution in [0.15, 0.2) is 54.9 Å². The molecule has 8 heteroatoms. The lowest BCUT2D eigenvalue weighted by Gasteiger charge is -2.22. The van der Waals surface area contributed by atoms with Gasteiger partial charge in [-0.1, -0.05) is 49.6 Å². The highest BCUT2D eigenvalue weighted by Crippen LogP contribution is 2.20. The summed E-state index contributed by atoms with van der Waals surface area (Å²) in [6, 6.07) is 14.3. The van der Waals surface area contributed by atoms with Crippen LogP contribution in [0.1, 0.15) is 48.2 Å². The Labute approximate surface area is 186 Å². The van der Waals surface area contributed by atoms with Gasteiger partial charge in [-0.2, -0.15) is 10.2 Å². The zero-order valence-corrected chi connectivity index (χ0v) is 18.2. The van der Waals surface area contributed by atoms with E-state index in [1.165, 1.54) is 19.3 Å². The van der Waals surface area contributed by atoms with Crippen LogP contribution < -0.4 is 10.6 Å². The molecule has 164 valence electrons. The molecule has 1 saturated carbocycles. The van der Waals surface area contributed by atoms with Crippen molar-refractivity contribution < 1.29 is 4.79 Å². The van der Waals surface area contributed by atoms with E-state index in [1.54, 1.807) is 10.7 Å². The number of amides is 1. The molecule has 4 aromatic rings. The number of anilines is 1. The number of fused-ring (bicyclic) bond motifs is 1. The van der Waals surface area contributed by atoms with Crippen molar-refractivity contribution in [3.63, 3.8) is 0 Å². The minimum absolute atomic E-state index is 0.101. The second-order valence-electron chi connectivity index (χ2n) is 8.31. The molecule has 32 heavy (non-hydrogen) atoms. The third-order valence-corrected chi connectivity index (χ3v) is 6.05. The summed E-state index contributed by atoms with van der Waals surface area (Å²) in [7, 11) is 1.94. The van der Waals surface area contributed by atoms with Gasteiger partial charge in [0.1, 0.15) is 11.4 Å². The van der Waals surface area contributed by atoms with Gasteiger partial charge >= 0.3 is 0 Å². The summed E-state index contributed by atoms with van der Waals surface area (Å²) >= 11 is 0. The molecule has 0 saturated heterocycles. The summed E-state index contributed by atoms with van der Waals surface area (Å²) in [5.74, 6) is 0.586. The van der Waals surface area contributed by atoms with E-state index < -0.39 is 0 Å². The Morgan fingerprint density at radius 1 is 1.12 bits per heavy atom. The fourth-order valence-corrected chi connectivity index (χ4v) is 4.24. The van der Waals surface area contributed by atoms with Gasteiger partial charge in [-0.25, -0.2) is 9.50 Å². The molecule has 1 aromatic carbocycles. The minimum Gasteiger partial charge on any atom is -0.364 e. The largest absolute Gasteiger partial charge is 0.364 e. The van der Waals surface area contributed by atoms with E-state index in [4.69, 9.17) is 0 Å². The van der Waals surface area contributed by atoms with Crippen LogP contribution in [-0.2, 0) is 13.6 Å². The number of hydrogen-bond acceptors (Lipinski definition) is 5. The van der Waals surface area contributed by atoms with Gasteiger partial charge in [-0.3, -0.25) is 9.48 Å². The van der Waals surface area contributed by atoms with Crippen molar-refractivity contribution in [2.45, 2.75) is 44.7 Å². The summed E-state index contributed by atoms with van der Waals surface area (Å²) in [5, 5.41) is 15.4. The smallest absolute Gasteiger partial charge is 0.256 e. The van der Waals surface area contributed by atoms with Crippen molar-refractivity contribution >= 4 is 17.4 Å². The number of nitrogens with one attached hydrogen (secondary N) is 2. The van der Waals surface area contributed by atoms with Crippen LogP contribution in [-0.4, -0.2) is 36.3 Å². The third kappa shape index (κ3) is 4.21. The van der Waals surface area contributed by atoms with Gasteiger partial charge in [-0.05, 0) is 25.0 Å². The first kappa shape index (κ1) is 20.2. The Hall–Kier alpha value is -3.68. The molecule has 0 radical (unpaired) electrons. The molecule has 5 rings (SSSR count). The van der Waals surface area contributed by atoms with Gasteiger partial charge in [0.25, 0.3) is 5.91 Å². The molecule has 2 N–H and O–H groups in total. The molecule has 1 fully saturated rings. The Kier molecular flexibility index (Phi) is 5.58. The minimum atomic E-state index is -0.101. The summed E-state index contributed by atoms with van der Waals surface area (Å²) in [6.45, 7) is 0.567. The van der Waals surface area contributed by atoms with Crippen molar-refractivity contribution in [1.82, 2.24) is 29.7 Å². The quantitative estimate of drug-likeness (QED) is 0.487. The molecule has 0 atom stereocenters. The summed E-state index contributed by atoms with van der Waals surface area (Å²) in [5.41, 5.74) is 4.12. The number of aromatic nitrogens is 5. The van der Waals surface area contributed by atoms with Crippen LogP contribution in [0.2, 0.25) is 0 Å². The Morgan fingerprint density at radius 2 is 1.94 bits per heavy atom. The lowest BCUT2D eigenvalue weighted by molar-refractivity contribution is 0.0929. The third-order valence-electron chi connectivity index (χ3n) is 6.05. The number of hydrogen-bond donors (Lipinski definition) is 2. The van der Waals surface area contributed by atoms with Crippen LogP contribution in [0.25, 0.3) is 16.9 Å². The molecule has 3 heterocycles. The van der Waals surface area contributed by atoms with Gasteiger partial charge in [0.15, 0.2) is 5.65 Å². The zero-order valence-electron chi connectivity index (χ0n) is 18.2. The maximum absolute atomic E-state index is 12.8. The highest BCUT2D eigenvalue weighted by molar-refractivity contribution is 5.99. The number of benzene rings is 1. The monoisotopic (exact) mass is 429 g/mol. The average Bonchev–Trinajstić information content (AvgIpc) is 3.42. The normalized spacial score (nSPS) is 14.5. The maximum atomic E-state index is 12.8. The molecule has 0 spiro atoms.